The van der Waals surface area contributed by atoms with E-state index in [1.54, 1.807) is 0 Å². The first-order chi connectivity index (χ1) is 17.0. The molecule has 0 radical (unpaired) electrons. The summed E-state index contributed by atoms with van der Waals surface area (Å²) < 4.78 is 0. The van der Waals surface area contributed by atoms with Crippen LogP contribution in [0.3, 0.4) is 0 Å². The Kier molecular flexibility index (Phi) is 15.0. The summed E-state index contributed by atoms with van der Waals surface area (Å²) in [4.78, 5) is 39.0. The van der Waals surface area contributed by atoms with Gasteiger partial charge in [-0.25, -0.2) is 4.79 Å². The molecule has 5 unspecified atom stereocenters. The van der Waals surface area contributed by atoms with E-state index in [2.05, 4.69) is 0 Å². The Bertz CT molecular complexity index is 695. The molecule has 5 atom stereocenters. The molecule has 0 bridgehead atoms. The van der Waals surface area contributed by atoms with Crippen molar-refractivity contribution >= 4 is 17.9 Å². The highest BCUT2D eigenvalue weighted by atomic mass is 16.4. The number of hydrogen-bond donors (Lipinski definition) is 4. The van der Waals surface area contributed by atoms with E-state index >= 15 is 0 Å². The number of carboxylic acids is 3. The lowest BCUT2D eigenvalue weighted by molar-refractivity contribution is -0.211. The largest absolute Gasteiger partial charge is 0.481 e. The van der Waals surface area contributed by atoms with Crippen molar-refractivity contribution in [3.63, 3.8) is 0 Å². The molecule has 0 heterocycles. The fraction of sp³-hybridized carbons (Fsp3) is 0.900. The van der Waals surface area contributed by atoms with Gasteiger partial charge >= 0.3 is 17.9 Å². The standard InChI is InChI=1S/C30H56O7/c1-10-22(13-19(4)5)16-25(26(31)32)30(37,28(35)36)29(27(33)34,17-23(11-2)14-20(6)7)18-24(12-3)15-21(8)9/h19-25,37H,10-18H2,1-9H3,(H,31,32)(H,33,34)(H,35,36). The summed E-state index contributed by atoms with van der Waals surface area (Å²) in [6.45, 7) is 17.9. The van der Waals surface area contributed by atoms with Crippen LogP contribution in [0, 0.1) is 46.8 Å². The van der Waals surface area contributed by atoms with Crippen molar-refractivity contribution in [2.24, 2.45) is 46.8 Å². The van der Waals surface area contributed by atoms with Crippen LogP contribution in [-0.4, -0.2) is 43.9 Å². The van der Waals surface area contributed by atoms with Gasteiger partial charge in [-0.1, -0.05) is 81.6 Å². The van der Waals surface area contributed by atoms with E-state index in [1.165, 1.54) is 0 Å². The Morgan fingerprint density at radius 3 is 1.19 bits per heavy atom. The average molecular weight is 529 g/mol. The highest BCUT2D eigenvalue weighted by Crippen LogP contribution is 2.52. The number of rotatable bonds is 20. The third kappa shape index (κ3) is 9.56. The molecule has 0 aromatic heterocycles. The summed E-state index contributed by atoms with van der Waals surface area (Å²) >= 11 is 0. The first-order valence-corrected chi connectivity index (χ1v) is 14.4. The number of carbonyl (C=O) groups is 3. The van der Waals surface area contributed by atoms with Crippen LogP contribution in [0.4, 0.5) is 0 Å². The molecule has 0 fully saturated rings. The minimum atomic E-state index is -2.95. The van der Waals surface area contributed by atoms with Gasteiger partial charge in [-0.15, -0.1) is 0 Å². The Balaban J connectivity index is 7.22. The molecule has 218 valence electrons. The van der Waals surface area contributed by atoms with Crippen LogP contribution in [0.25, 0.3) is 0 Å². The quantitative estimate of drug-likeness (QED) is 0.134. The molecule has 0 aliphatic carbocycles. The summed E-state index contributed by atoms with van der Waals surface area (Å²) in [6, 6.07) is 0. The zero-order valence-electron chi connectivity index (χ0n) is 24.9. The molecule has 0 spiro atoms. The van der Waals surface area contributed by atoms with Gasteiger partial charge in [-0.05, 0) is 74.0 Å². The van der Waals surface area contributed by atoms with Crippen LogP contribution >= 0.6 is 0 Å². The monoisotopic (exact) mass is 528 g/mol. The van der Waals surface area contributed by atoms with Crippen LogP contribution in [0.1, 0.15) is 120 Å². The van der Waals surface area contributed by atoms with Crippen LogP contribution < -0.4 is 0 Å². The van der Waals surface area contributed by atoms with E-state index in [-0.39, 0.29) is 54.8 Å². The average Bonchev–Trinajstić information content (AvgIpc) is 2.77. The van der Waals surface area contributed by atoms with Gasteiger partial charge in [0.15, 0.2) is 5.60 Å². The first kappa shape index (κ1) is 35.4. The van der Waals surface area contributed by atoms with Gasteiger partial charge in [-0.2, -0.15) is 0 Å². The summed E-state index contributed by atoms with van der Waals surface area (Å²) in [6.07, 6.45) is 3.65. The molecule has 7 nitrogen and oxygen atoms in total. The van der Waals surface area contributed by atoms with Gasteiger partial charge in [0.25, 0.3) is 0 Å². The van der Waals surface area contributed by atoms with Crippen LogP contribution in [0.15, 0.2) is 0 Å². The van der Waals surface area contributed by atoms with Crippen molar-refractivity contribution in [3.05, 3.63) is 0 Å². The molecule has 0 aliphatic rings. The zero-order valence-corrected chi connectivity index (χ0v) is 24.9. The van der Waals surface area contributed by atoms with E-state index in [0.29, 0.717) is 38.5 Å². The predicted octanol–water partition coefficient (Wildman–Crippen LogP) is 6.96. The van der Waals surface area contributed by atoms with Crippen LogP contribution in [0.5, 0.6) is 0 Å². The molecule has 37 heavy (non-hydrogen) atoms. The van der Waals surface area contributed by atoms with Crippen molar-refractivity contribution < 1.29 is 34.8 Å². The number of hydrogen-bond acceptors (Lipinski definition) is 4. The number of aliphatic carboxylic acids is 3. The smallest absolute Gasteiger partial charge is 0.337 e. The Morgan fingerprint density at radius 2 is 0.946 bits per heavy atom. The van der Waals surface area contributed by atoms with Crippen molar-refractivity contribution in [2.75, 3.05) is 0 Å². The maximum Gasteiger partial charge on any atom is 0.337 e. The van der Waals surface area contributed by atoms with Crippen molar-refractivity contribution in [3.8, 4) is 0 Å². The highest BCUT2D eigenvalue weighted by molar-refractivity contribution is 5.93. The normalized spacial score (nSPS) is 18.7. The third-order valence-electron chi connectivity index (χ3n) is 8.26. The molecule has 0 amide bonds. The van der Waals surface area contributed by atoms with Gasteiger partial charge in [0, 0.05) is 0 Å². The van der Waals surface area contributed by atoms with E-state index in [1.807, 2.05) is 62.3 Å². The molecule has 0 aromatic rings. The lowest BCUT2D eigenvalue weighted by Gasteiger charge is -2.48. The summed E-state index contributed by atoms with van der Waals surface area (Å²) in [7, 11) is 0. The van der Waals surface area contributed by atoms with E-state index in [4.69, 9.17) is 0 Å². The summed E-state index contributed by atoms with van der Waals surface area (Å²) in [5.41, 5.74) is -5.09. The molecule has 7 heteroatoms. The van der Waals surface area contributed by atoms with Crippen molar-refractivity contribution in [1.82, 2.24) is 0 Å². The SMILES string of the molecule is CCC(CC(C)C)CC(C(=O)O)C(O)(C(=O)O)C(CC(CC)CC(C)C)(CC(CC)CC(C)C)C(=O)O. The molecular formula is C30H56O7. The van der Waals surface area contributed by atoms with E-state index < -0.39 is 34.8 Å². The molecule has 4 N–H and O–H groups in total. The molecule has 0 aromatic carbocycles. The van der Waals surface area contributed by atoms with Gasteiger partial charge < -0.3 is 20.4 Å². The fourth-order valence-corrected chi connectivity index (χ4v) is 6.41. The fourth-order valence-electron chi connectivity index (χ4n) is 6.41. The topological polar surface area (TPSA) is 132 Å². The minimum Gasteiger partial charge on any atom is -0.481 e. The lowest BCUT2D eigenvalue weighted by atomic mass is 9.56. The van der Waals surface area contributed by atoms with Gasteiger partial charge in [0.1, 0.15) is 5.41 Å². The predicted molar refractivity (Wildman–Crippen MR) is 147 cm³/mol. The Labute approximate surface area is 225 Å². The summed E-state index contributed by atoms with van der Waals surface area (Å²) in [5, 5.41) is 43.9. The first-order valence-electron chi connectivity index (χ1n) is 14.4. The summed E-state index contributed by atoms with van der Waals surface area (Å²) in [5.74, 6) is -6.07. The second kappa shape index (κ2) is 15.7. The maximum atomic E-state index is 13.3. The minimum absolute atomic E-state index is 0.0703. The Hall–Kier alpha value is -1.63. The third-order valence-corrected chi connectivity index (χ3v) is 8.26. The lowest BCUT2D eigenvalue weighted by Crippen LogP contribution is -2.65. The molecule has 0 aliphatic heterocycles. The van der Waals surface area contributed by atoms with Gasteiger partial charge in [0.05, 0.1) is 5.92 Å². The van der Waals surface area contributed by atoms with Crippen LogP contribution in [0.2, 0.25) is 0 Å². The number of carboxylic acid groups (broad SMARTS) is 3. The molecular weight excluding hydrogens is 472 g/mol. The molecule has 0 saturated carbocycles. The van der Waals surface area contributed by atoms with Gasteiger partial charge in [0.2, 0.25) is 0 Å². The van der Waals surface area contributed by atoms with E-state index in [9.17, 15) is 34.8 Å². The van der Waals surface area contributed by atoms with Crippen LogP contribution in [-0.2, 0) is 14.4 Å². The second-order valence-electron chi connectivity index (χ2n) is 12.7. The van der Waals surface area contributed by atoms with E-state index in [0.717, 1.165) is 0 Å². The Morgan fingerprint density at radius 1 is 0.595 bits per heavy atom. The van der Waals surface area contributed by atoms with Crippen molar-refractivity contribution in [2.45, 2.75) is 126 Å². The second-order valence-corrected chi connectivity index (χ2v) is 12.7. The van der Waals surface area contributed by atoms with Crippen molar-refractivity contribution in [1.29, 1.82) is 0 Å². The molecule has 0 saturated heterocycles. The highest BCUT2D eigenvalue weighted by Gasteiger charge is 2.67. The van der Waals surface area contributed by atoms with Gasteiger partial charge in [-0.3, -0.25) is 9.59 Å². The molecule has 0 rings (SSSR count). The maximum absolute atomic E-state index is 13.3. The number of aliphatic hydroxyl groups is 1. The zero-order chi connectivity index (χ0) is 29.1.